The Labute approximate surface area is 102 Å². The molecule has 0 spiro atoms. The maximum Gasteiger partial charge on any atom is 0.226 e. The number of carbonyl (C=O) groups excluding carboxylic acids is 2. The summed E-state index contributed by atoms with van der Waals surface area (Å²) >= 11 is 0. The second-order valence-electron chi connectivity index (χ2n) is 5.51. The second-order valence-corrected chi connectivity index (χ2v) is 5.51. The summed E-state index contributed by atoms with van der Waals surface area (Å²) < 4.78 is 0. The van der Waals surface area contributed by atoms with Crippen LogP contribution in [0.15, 0.2) is 0 Å². The Morgan fingerprint density at radius 2 is 1.06 bits per heavy atom. The molecule has 1 aliphatic carbocycles. The molecule has 2 saturated heterocycles. The summed E-state index contributed by atoms with van der Waals surface area (Å²) in [5.41, 5.74) is 0. The molecule has 1 saturated carbocycles. The third-order valence-electron chi connectivity index (χ3n) is 4.26. The third-order valence-corrected chi connectivity index (χ3v) is 4.26. The van der Waals surface area contributed by atoms with Crippen molar-refractivity contribution in [3.8, 4) is 0 Å². The third kappa shape index (κ3) is 2.05. The molecule has 0 radical (unpaired) electrons. The highest BCUT2D eigenvalue weighted by molar-refractivity contribution is 5.92. The van der Waals surface area contributed by atoms with Crippen molar-refractivity contribution in [1.82, 2.24) is 9.80 Å². The van der Waals surface area contributed by atoms with Gasteiger partial charge in [-0.3, -0.25) is 9.59 Å². The van der Waals surface area contributed by atoms with E-state index < -0.39 is 0 Å². The van der Waals surface area contributed by atoms with Gasteiger partial charge in [-0.05, 0) is 32.1 Å². The molecule has 4 heteroatoms. The van der Waals surface area contributed by atoms with Crippen molar-refractivity contribution in [2.75, 3.05) is 26.2 Å². The van der Waals surface area contributed by atoms with Crippen molar-refractivity contribution in [3.05, 3.63) is 0 Å². The molecule has 0 aromatic heterocycles. The van der Waals surface area contributed by atoms with Crippen LogP contribution in [0.3, 0.4) is 0 Å². The number of rotatable bonds is 2. The molecule has 0 N–H and O–H groups in total. The highest BCUT2D eigenvalue weighted by Gasteiger charge is 2.51. The van der Waals surface area contributed by atoms with Gasteiger partial charge in [-0.1, -0.05) is 0 Å². The summed E-state index contributed by atoms with van der Waals surface area (Å²) in [5.74, 6) is 0.502. The Hall–Kier alpha value is -1.06. The van der Waals surface area contributed by atoms with Gasteiger partial charge in [0, 0.05) is 26.2 Å². The van der Waals surface area contributed by atoms with E-state index in [4.69, 9.17) is 0 Å². The first-order valence-electron chi connectivity index (χ1n) is 6.85. The number of likely N-dealkylation sites (tertiary alicyclic amines) is 2. The summed E-state index contributed by atoms with van der Waals surface area (Å²) in [6.45, 7) is 3.61. The summed E-state index contributed by atoms with van der Waals surface area (Å²) in [7, 11) is 0. The molecule has 0 bridgehead atoms. The number of nitrogens with zero attached hydrogens (tertiary/aromatic N) is 2. The summed E-state index contributed by atoms with van der Waals surface area (Å²) in [6.07, 6.45) is 5.31. The average molecular weight is 236 g/mol. The van der Waals surface area contributed by atoms with Crippen molar-refractivity contribution in [2.45, 2.75) is 32.1 Å². The molecule has 4 nitrogen and oxygen atoms in total. The van der Waals surface area contributed by atoms with Crippen LogP contribution in [0.1, 0.15) is 32.1 Å². The van der Waals surface area contributed by atoms with Crippen molar-refractivity contribution in [2.24, 2.45) is 11.8 Å². The van der Waals surface area contributed by atoms with Crippen LogP contribution in [0.2, 0.25) is 0 Å². The maximum absolute atomic E-state index is 12.1. The van der Waals surface area contributed by atoms with Gasteiger partial charge in [-0.25, -0.2) is 0 Å². The van der Waals surface area contributed by atoms with E-state index in [0.717, 1.165) is 58.3 Å². The fourth-order valence-corrected chi connectivity index (χ4v) is 3.08. The molecule has 2 unspecified atom stereocenters. The zero-order chi connectivity index (χ0) is 11.8. The Morgan fingerprint density at radius 1 is 0.706 bits per heavy atom. The van der Waals surface area contributed by atoms with Crippen LogP contribution in [0.25, 0.3) is 0 Å². The number of amides is 2. The molecule has 3 fully saturated rings. The van der Waals surface area contributed by atoms with E-state index in [1.807, 2.05) is 9.80 Å². The highest BCUT2D eigenvalue weighted by Crippen LogP contribution is 2.42. The average Bonchev–Trinajstić information content (AvgIpc) is 2.80. The first kappa shape index (κ1) is 11.1. The molecule has 2 aliphatic heterocycles. The van der Waals surface area contributed by atoms with E-state index >= 15 is 0 Å². The molecule has 3 rings (SSSR count). The molecule has 2 atom stereocenters. The minimum Gasteiger partial charge on any atom is -0.342 e. The van der Waals surface area contributed by atoms with Crippen LogP contribution in [0, 0.1) is 11.8 Å². The lowest BCUT2D eigenvalue weighted by Gasteiger charge is -2.17. The van der Waals surface area contributed by atoms with Gasteiger partial charge >= 0.3 is 0 Å². The van der Waals surface area contributed by atoms with Crippen LogP contribution < -0.4 is 0 Å². The monoisotopic (exact) mass is 236 g/mol. The zero-order valence-electron chi connectivity index (χ0n) is 10.2. The lowest BCUT2D eigenvalue weighted by atomic mass is 10.2. The van der Waals surface area contributed by atoms with Gasteiger partial charge in [0.05, 0.1) is 11.8 Å². The first-order chi connectivity index (χ1) is 8.27. The molecule has 2 amide bonds. The second kappa shape index (κ2) is 4.31. The fraction of sp³-hybridized carbons (Fsp3) is 0.846. The summed E-state index contributed by atoms with van der Waals surface area (Å²) in [4.78, 5) is 28.1. The predicted octanol–water partition coefficient (Wildman–Crippen LogP) is 0.867. The fourth-order valence-electron chi connectivity index (χ4n) is 3.08. The van der Waals surface area contributed by atoms with Gasteiger partial charge in [0.25, 0.3) is 0 Å². The largest absolute Gasteiger partial charge is 0.342 e. The number of hydrogen-bond donors (Lipinski definition) is 0. The SMILES string of the molecule is O=C(C1CC1C(=O)N1CCCC1)N1CCCC1. The van der Waals surface area contributed by atoms with Crippen LogP contribution in [0.5, 0.6) is 0 Å². The van der Waals surface area contributed by atoms with Gasteiger partial charge in [0.1, 0.15) is 0 Å². The smallest absolute Gasteiger partial charge is 0.226 e. The van der Waals surface area contributed by atoms with E-state index in [9.17, 15) is 9.59 Å². The summed E-state index contributed by atoms with van der Waals surface area (Å²) in [6, 6.07) is 0. The maximum atomic E-state index is 12.1. The molecule has 2 heterocycles. The van der Waals surface area contributed by atoms with Gasteiger partial charge < -0.3 is 9.80 Å². The van der Waals surface area contributed by atoms with Gasteiger partial charge in [0.15, 0.2) is 0 Å². The Kier molecular flexibility index (Phi) is 2.81. The van der Waals surface area contributed by atoms with Crippen molar-refractivity contribution in [1.29, 1.82) is 0 Å². The molecular weight excluding hydrogens is 216 g/mol. The van der Waals surface area contributed by atoms with E-state index in [2.05, 4.69) is 0 Å². The van der Waals surface area contributed by atoms with E-state index in [1.165, 1.54) is 0 Å². The van der Waals surface area contributed by atoms with Gasteiger partial charge in [0.2, 0.25) is 11.8 Å². The van der Waals surface area contributed by atoms with Gasteiger partial charge in [-0.15, -0.1) is 0 Å². The van der Waals surface area contributed by atoms with E-state index in [0.29, 0.717) is 0 Å². The van der Waals surface area contributed by atoms with Crippen molar-refractivity contribution in [3.63, 3.8) is 0 Å². The Bertz CT molecular complexity index is 298. The molecule has 0 aromatic rings. The minimum absolute atomic E-state index is 0.0150. The van der Waals surface area contributed by atoms with Crippen LogP contribution >= 0.6 is 0 Å². The molecule has 0 aromatic carbocycles. The molecular formula is C13H20N2O2. The van der Waals surface area contributed by atoms with E-state index in [-0.39, 0.29) is 23.7 Å². The number of hydrogen-bond acceptors (Lipinski definition) is 2. The van der Waals surface area contributed by atoms with Crippen molar-refractivity contribution >= 4 is 11.8 Å². The first-order valence-corrected chi connectivity index (χ1v) is 6.85. The van der Waals surface area contributed by atoms with Gasteiger partial charge in [-0.2, -0.15) is 0 Å². The summed E-state index contributed by atoms with van der Waals surface area (Å²) in [5, 5.41) is 0. The quantitative estimate of drug-likeness (QED) is 0.713. The lowest BCUT2D eigenvalue weighted by Crippen LogP contribution is -2.33. The lowest BCUT2D eigenvalue weighted by molar-refractivity contribution is -0.136. The Morgan fingerprint density at radius 3 is 1.41 bits per heavy atom. The molecule has 94 valence electrons. The standard InChI is InChI=1S/C13H20N2O2/c16-12(14-5-1-2-6-14)10-9-11(10)13(17)15-7-3-4-8-15/h10-11H,1-9H2. The van der Waals surface area contributed by atoms with Crippen molar-refractivity contribution < 1.29 is 9.59 Å². The normalized spacial score (nSPS) is 32.0. The molecule has 3 aliphatic rings. The Balaban J connectivity index is 1.54. The zero-order valence-corrected chi connectivity index (χ0v) is 10.2. The molecule has 17 heavy (non-hydrogen) atoms. The van der Waals surface area contributed by atoms with Crippen LogP contribution in [0.4, 0.5) is 0 Å². The highest BCUT2D eigenvalue weighted by atomic mass is 16.2. The van der Waals surface area contributed by atoms with Crippen LogP contribution in [-0.2, 0) is 9.59 Å². The van der Waals surface area contributed by atoms with E-state index in [1.54, 1.807) is 0 Å². The number of carbonyl (C=O) groups is 2. The van der Waals surface area contributed by atoms with Crippen LogP contribution in [-0.4, -0.2) is 47.8 Å². The minimum atomic E-state index is 0.0150. The predicted molar refractivity (Wildman–Crippen MR) is 63.2 cm³/mol. The topological polar surface area (TPSA) is 40.6 Å².